The van der Waals surface area contributed by atoms with Crippen LogP contribution in [0.4, 0.5) is 0 Å². The summed E-state index contributed by atoms with van der Waals surface area (Å²) >= 11 is 0. The summed E-state index contributed by atoms with van der Waals surface area (Å²) in [5.74, 6) is 1.95. The van der Waals surface area contributed by atoms with Crippen molar-refractivity contribution in [2.24, 2.45) is 0 Å². The van der Waals surface area contributed by atoms with Crippen LogP contribution in [0.5, 0.6) is 11.5 Å². The van der Waals surface area contributed by atoms with Crippen molar-refractivity contribution in [3.63, 3.8) is 0 Å². The number of methoxy groups -OCH3 is 1. The van der Waals surface area contributed by atoms with Crippen LogP contribution in [-0.2, 0) is 12.8 Å². The molecule has 23 heavy (non-hydrogen) atoms. The summed E-state index contributed by atoms with van der Waals surface area (Å²) in [4.78, 5) is 0. The summed E-state index contributed by atoms with van der Waals surface area (Å²) in [6, 6.07) is 16.7. The first-order valence-electron chi connectivity index (χ1n) is 8.43. The highest BCUT2D eigenvalue weighted by atomic mass is 16.5. The summed E-state index contributed by atoms with van der Waals surface area (Å²) in [6.07, 6.45) is 4.58. The number of hydrogen-bond acceptors (Lipinski definition) is 3. The van der Waals surface area contributed by atoms with Crippen LogP contribution in [0.3, 0.4) is 0 Å². The SMILES string of the molecule is COc1cccc(CCc2ccccc2OC2CCCNC2)c1. The fourth-order valence-electron chi connectivity index (χ4n) is 3.03. The summed E-state index contributed by atoms with van der Waals surface area (Å²) in [7, 11) is 1.71. The molecule has 0 aromatic heterocycles. The molecule has 0 aliphatic carbocycles. The zero-order chi connectivity index (χ0) is 15.9. The molecule has 3 heteroatoms. The molecule has 1 saturated heterocycles. The molecule has 0 amide bonds. The van der Waals surface area contributed by atoms with Crippen molar-refractivity contribution in [1.82, 2.24) is 5.32 Å². The summed E-state index contributed by atoms with van der Waals surface area (Å²) < 4.78 is 11.5. The number of rotatable bonds is 6. The molecular formula is C20H25NO2. The first kappa shape index (κ1) is 15.9. The van der Waals surface area contributed by atoms with Gasteiger partial charge in [-0.3, -0.25) is 0 Å². The minimum Gasteiger partial charge on any atom is -0.497 e. The average Bonchev–Trinajstić information content (AvgIpc) is 2.62. The lowest BCUT2D eigenvalue weighted by molar-refractivity contribution is 0.165. The Morgan fingerprint density at radius 2 is 2.00 bits per heavy atom. The maximum Gasteiger partial charge on any atom is 0.122 e. The third-order valence-corrected chi connectivity index (χ3v) is 4.34. The molecule has 3 rings (SSSR count). The lowest BCUT2D eigenvalue weighted by Crippen LogP contribution is -2.37. The van der Waals surface area contributed by atoms with Crippen LogP contribution in [0.1, 0.15) is 24.0 Å². The van der Waals surface area contributed by atoms with E-state index < -0.39 is 0 Å². The highest BCUT2D eigenvalue weighted by molar-refractivity contribution is 5.35. The Morgan fingerprint density at radius 1 is 1.09 bits per heavy atom. The van der Waals surface area contributed by atoms with Gasteiger partial charge in [0.15, 0.2) is 0 Å². The largest absolute Gasteiger partial charge is 0.497 e. The summed E-state index contributed by atoms with van der Waals surface area (Å²) in [6.45, 7) is 2.06. The van der Waals surface area contributed by atoms with E-state index in [2.05, 4.69) is 41.7 Å². The van der Waals surface area contributed by atoms with Gasteiger partial charge in [0.2, 0.25) is 0 Å². The van der Waals surface area contributed by atoms with E-state index in [1.165, 1.54) is 17.5 Å². The first-order valence-corrected chi connectivity index (χ1v) is 8.43. The molecule has 1 heterocycles. The molecule has 0 spiro atoms. The maximum absolute atomic E-state index is 6.23. The first-order chi connectivity index (χ1) is 11.3. The van der Waals surface area contributed by atoms with Gasteiger partial charge in [0, 0.05) is 6.54 Å². The number of aryl methyl sites for hydroxylation is 2. The topological polar surface area (TPSA) is 30.5 Å². The van der Waals surface area contributed by atoms with Gasteiger partial charge in [0.05, 0.1) is 7.11 Å². The lowest BCUT2D eigenvalue weighted by Gasteiger charge is -2.25. The molecule has 122 valence electrons. The van der Waals surface area contributed by atoms with Gasteiger partial charge in [0.25, 0.3) is 0 Å². The van der Waals surface area contributed by atoms with E-state index in [9.17, 15) is 0 Å². The van der Waals surface area contributed by atoms with Crippen molar-refractivity contribution >= 4 is 0 Å². The predicted molar refractivity (Wildman–Crippen MR) is 93.4 cm³/mol. The van der Waals surface area contributed by atoms with Crippen LogP contribution in [0, 0.1) is 0 Å². The van der Waals surface area contributed by atoms with Crippen molar-refractivity contribution in [1.29, 1.82) is 0 Å². The Balaban J connectivity index is 1.65. The van der Waals surface area contributed by atoms with Gasteiger partial charge in [-0.05, 0) is 61.6 Å². The normalized spacial score (nSPS) is 17.7. The summed E-state index contributed by atoms with van der Waals surface area (Å²) in [5.41, 5.74) is 2.57. The molecule has 0 bridgehead atoms. The van der Waals surface area contributed by atoms with Crippen molar-refractivity contribution in [3.05, 3.63) is 59.7 Å². The molecule has 2 aromatic rings. The highest BCUT2D eigenvalue weighted by Gasteiger charge is 2.15. The molecule has 2 aromatic carbocycles. The Kier molecular flexibility index (Phi) is 5.54. The van der Waals surface area contributed by atoms with Gasteiger partial charge in [-0.1, -0.05) is 30.3 Å². The van der Waals surface area contributed by atoms with Crippen LogP contribution in [-0.4, -0.2) is 26.3 Å². The van der Waals surface area contributed by atoms with Crippen molar-refractivity contribution in [3.8, 4) is 11.5 Å². The zero-order valence-electron chi connectivity index (χ0n) is 13.8. The lowest BCUT2D eigenvalue weighted by atomic mass is 10.0. The fourth-order valence-corrected chi connectivity index (χ4v) is 3.03. The van der Waals surface area contributed by atoms with Crippen molar-refractivity contribution < 1.29 is 9.47 Å². The second-order valence-corrected chi connectivity index (χ2v) is 6.05. The molecule has 3 nitrogen and oxygen atoms in total. The van der Waals surface area contributed by atoms with E-state index >= 15 is 0 Å². The molecule has 1 atom stereocenters. The van der Waals surface area contributed by atoms with Crippen LogP contribution in [0.15, 0.2) is 48.5 Å². The minimum absolute atomic E-state index is 0.293. The number of para-hydroxylation sites is 1. The number of hydrogen-bond donors (Lipinski definition) is 1. The van der Waals surface area contributed by atoms with E-state index in [1.807, 2.05) is 12.1 Å². The predicted octanol–water partition coefficient (Wildman–Crippen LogP) is 3.61. The number of nitrogens with one attached hydrogen (secondary N) is 1. The number of piperidine rings is 1. The van der Waals surface area contributed by atoms with Gasteiger partial charge < -0.3 is 14.8 Å². The van der Waals surface area contributed by atoms with Gasteiger partial charge in [0.1, 0.15) is 17.6 Å². The minimum atomic E-state index is 0.293. The molecular weight excluding hydrogens is 286 g/mol. The van der Waals surface area contributed by atoms with Crippen molar-refractivity contribution in [2.75, 3.05) is 20.2 Å². The van der Waals surface area contributed by atoms with Crippen molar-refractivity contribution in [2.45, 2.75) is 31.8 Å². The molecule has 1 aliphatic heterocycles. The van der Waals surface area contributed by atoms with Gasteiger partial charge >= 0.3 is 0 Å². The average molecular weight is 311 g/mol. The smallest absolute Gasteiger partial charge is 0.122 e. The quantitative estimate of drug-likeness (QED) is 0.884. The van der Waals surface area contributed by atoms with Crippen LogP contribution < -0.4 is 14.8 Å². The van der Waals surface area contributed by atoms with Gasteiger partial charge in [-0.15, -0.1) is 0 Å². The molecule has 1 fully saturated rings. The molecule has 1 aliphatic rings. The third-order valence-electron chi connectivity index (χ3n) is 4.34. The van der Waals surface area contributed by atoms with Crippen LogP contribution in [0.2, 0.25) is 0 Å². The standard InChI is InChI=1S/C20H25NO2/c1-22-18-8-4-6-16(14-18)11-12-17-7-2-3-10-20(17)23-19-9-5-13-21-15-19/h2-4,6-8,10,14,19,21H,5,9,11-13,15H2,1H3. The van der Waals surface area contributed by atoms with E-state index in [0.29, 0.717) is 6.10 Å². The highest BCUT2D eigenvalue weighted by Crippen LogP contribution is 2.23. The summed E-state index contributed by atoms with van der Waals surface area (Å²) in [5, 5.41) is 3.41. The maximum atomic E-state index is 6.23. The van der Waals surface area contributed by atoms with E-state index in [1.54, 1.807) is 7.11 Å². The molecule has 0 radical (unpaired) electrons. The van der Waals surface area contributed by atoms with Gasteiger partial charge in [-0.25, -0.2) is 0 Å². The Hall–Kier alpha value is -2.00. The Bertz CT molecular complexity index is 621. The Labute approximate surface area is 138 Å². The molecule has 1 N–H and O–H groups in total. The van der Waals surface area contributed by atoms with Crippen LogP contribution >= 0.6 is 0 Å². The second-order valence-electron chi connectivity index (χ2n) is 6.05. The number of benzene rings is 2. The zero-order valence-corrected chi connectivity index (χ0v) is 13.8. The fraction of sp³-hybridized carbons (Fsp3) is 0.400. The third kappa shape index (κ3) is 4.49. The molecule has 0 saturated carbocycles. The van der Waals surface area contributed by atoms with E-state index in [0.717, 1.165) is 43.9 Å². The number of ether oxygens (including phenoxy) is 2. The Morgan fingerprint density at radius 3 is 2.83 bits per heavy atom. The van der Waals surface area contributed by atoms with Crippen LogP contribution in [0.25, 0.3) is 0 Å². The monoisotopic (exact) mass is 311 g/mol. The molecule has 1 unspecified atom stereocenters. The second kappa shape index (κ2) is 8.02. The van der Waals surface area contributed by atoms with Gasteiger partial charge in [-0.2, -0.15) is 0 Å². The van der Waals surface area contributed by atoms with E-state index in [-0.39, 0.29) is 0 Å². The van der Waals surface area contributed by atoms with E-state index in [4.69, 9.17) is 9.47 Å².